The zero-order valence-electron chi connectivity index (χ0n) is 17.4. The summed E-state index contributed by atoms with van der Waals surface area (Å²) in [7, 11) is 0. The topological polar surface area (TPSA) is 99.2 Å². The van der Waals surface area contributed by atoms with Crippen LogP contribution in [0.3, 0.4) is 0 Å². The monoisotopic (exact) mass is 416 g/mol. The zero-order chi connectivity index (χ0) is 21.8. The summed E-state index contributed by atoms with van der Waals surface area (Å²) in [4.78, 5) is 22.4. The van der Waals surface area contributed by atoms with Crippen molar-refractivity contribution in [2.45, 2.75) is 25.8 Å². The van der Waals surface area contributed by atoms with Crippen LogP contribution in [0.2, 0.25) is 0 Å². The van der Waals surface area contributed by atoms with Crippen LogP contribution in [0.5, 0.6) is 5.75 Å². The molecule has 0 unspecified atom stereocenters. The van der Waals surface area contributed by atoms with Gasteiger partial charge >= 0.3 is 0 Å². The van der Waals surface area contributed by atoms with Crippen molar-refractivity contribution in [3.63, 3.8) is 0 Å². The smallest absolute Gasteiger partial charge is 0.246 e. The molecular formula is C23H24N6O2. The van der Waals surface area contributed by atoms with Crippen molar-refractivity contribution >= 4 is 22.8 Å². The van der Waals surface area contributed by atoms with Gasteiger partial charge in [0.1, 0.15) is 30.2 Å². The number of anilines is 1. The third-order valence-corrected chi connectivity index (χ3v) is 5.25. The van der Waals surface area contributed by atoms with E-state index in [9.17, 15) is 4.79 Å². The Labute approximate surface area is 180 Å². The van der Waals surface area contributed by atoms with Gasteiger partial charge in [-0.05, 0) is 49.5 Å². The van der Waals surface area contributed by atoms with Gasteiger partial charge in [0, 0.05) is 13.1 Å². The third-order valence-electron chi connectivity index (χ3n) is 5.25. The Bertz CT molecular complexity index is 1190. The minimum Gasteiger partial charge on any atom is -0.481 e. The maximum atomic E-state index is 12.1. The van der Waals surface area contributed by atoms with E-state index in [4.69, 9.17) is 15.6 Å². The van der Waals surface area contributed by atoms with Crippen LogP contribution < -0.4 is 10.5 Å². The lowest BCUT2D eigenvalue weighted by molar-refractivity contribution is -0.127. The molecule has 0 aliphatic carbocycles. The second kappa shape index (κ2) is 8.88. The van der Waals surface area contributed by atoms with E-state index in [-0.39, 0.29) is 18.6 Å². The Kier molecular flexibility index (Phi) is 5.85. The lowest BCUT2D eigenvalue weighted by Gasteiger charge is -2.32. The molecule has 8 nitrogen and oxygen atoms in total. The molecule has 31 heavy (non-hydrogen) atoms. The van der Waals surface area contributed by atoms with E-state index < -0.39 is 0 Å². The summed E-state index contributed by atoms with van der Waals surface area (Å²) in [5.41, 5.74) is 8.38. The summed E-state index contributed by atoms with van der Waals surface area (Å²) in [5, 5.41) is 5.32. The van der Waals surface area contributed by atoms with Crippen LogP contribution in [0, 0.1) is 18.8 Å². The number of benzene rings is 1. The van der Waals surface area contributed by atoms with E-state index in [2.05, 4.69) is 28.4 Å². The van der Waals surface area contributed by atoms with E-state index in [0.29, 0.717) is 35.6 Å². The van der Waals surface area contributed by atoms with Crippen LogP contribution in [0.25, 0.3) is 11.0 Å². The largest absolute Gasteiger partial charge is 0.481 e. The van der Waals surface area contributed by atoms with Crippen LogP contribution in [-0.4, -0.2) is 50.3 Å². The Hall–Kier alpha value is -3.86. The summed E-state index contributed by atoms with van der Waals surface area (Å²) in [6.07, 6.45) is 4.51. The summed E-state index contributed by atoms with van der Waals surface area (Å²) in [6, 6.07) is 7.78. The molecule has 1 amide bonds. The van der Waals surface area contributed by atoms with Crippen LogP contribution in [0.15, 0.2) is 43.2 Å². The maximum absolute atomic E-state index is 12.1. The molecular weight excluding hydrogens is 392 g/mol. The number of hydrogen-bond donors (Lipinski definition) is 1. The first-order valence-electron chi connectivity index (χ1n) is 10.1. The minimum absolute atomic E-state index is 0.0199. The first-order valence-corrected chi connectivity index (χ1v) is 10.1. The molecule has 0 spiro atoms. The average molecular weight is 416 g/mol. The highest BCUT2D eigenvalue weighted by atomic mass is 16.5. The van der Waals surface area contributed by atoms with Crippen molar-refractivity contribution in [2.24, 2.45) is 0 Å². The SMILES string of the molecule is C=CC(=O)N1CCC[C@@H](n2nc(C#CCOc3cccc(C)c3)c3c(N)ncnc32)C1. The minimum atomic E-state index is -0.0800. The van der Waals surface area contributed by atoms with E-state index in [1.807, 2.05) is 35.9 Å². The number of hydrogen-bond acceptors (Lipinski definition) is 6. The molecule has 1 atom stereocenters. The van der Waals surface area contributed by atoms with E-state index >= 15 is 0 Å². The van der Waals surface area contributed by atoms with Gasteiger partial charge in [-0.1, -0.05) is 24.6 Å². The Morgan fingerprint density at radius 1 is 1.42 bits per heavy atom. The lowest BCUT2D eigenvalue weighted by Crippen LogP contribution is -2.40. The maximum Gasteiger partial charge on any atom is 0.246 e. The number of fused-ring (bicyclic) bond motifs is 1. The van der Waals surface area contributed by atoms with Gasteiger partial charge in [0.25, 0.3) is 0 Å². The highest BCUT2D eigenvalue weighted by Gasteiger charge is 2.27. The van der Waals surface area contributed by atoms with Crippen LogP contribution in [0.1, 0.15) is 30.1 Å². The Balaban J connectivity index is 1.60. The fourth-order valence-corrected chi connectivity index (χ4v) is 3.77. The quantitative estimate of drug-likeness (QED) is 0.518. The van der Waals surface area contributed by atoms with Gasteiger partial charge in [0.05, 0.1) is 11.4 Å². The number of nitrogens with zero attached hydrogens (tertiary/aromatic N) is 5. The van der Waals surface area contributed by atoms with Crippen molar-refractivity contribution in [2.75, 3.05) is 25.4 Å². The molecule has 4 rings (SSSR count). The molecule has 0 radical (unpaired) electrons. The Morgan fingerprint density at radius 2 is 2.29 bits per heavy atom. The van der Waals surface area contributed by atoms with Gasteiger partial charge in [0.15, 0.2) is 5.65 Å². The van der Waals surface area contributed by atoms with Crippen LogP contribution in [0.4, 0.5) is 5.82 Å². The van der Waals surface area contributed by atoms with Gasteiger partial charge in [0.2, 0.25) is 5.91 Å². The summed E-state index contributed by atoms with van der Waals surface area (Å²) >= 11 is 0. The molecule has 0 saturated carbocycles. The molecule has 8 heteroatoms. The molecule has 2 N–H and O–H groups in total. The number of aromatic nitrogens is 4. The van der Waals surface area contributed by atoms with Gasteiger partial charge in [-0.3, -0.25) is 4.79 Å². The van der Waals surface area contributed by atoms with E-state index in [0.717, 1.165) is 24.2 Å². The van der Waals surface area contributed by atoms with Crippen molar-refractivity contribution in [3.05, 3.63) is 54.5 Å². The van der Waals surface area contributed by atoms with Gasteiger partial charge in [-0.2, -0.15) is 5.10 Å². The standard InChI is InChI=1S/C23H24N6O2/c1-3-20(30)28-11-5-8-17(14-28)29-23-21(22(24)25-15-26-23)19(27-29)10-6-12-31-18-9-4-7-16(2)13-18/h3-4,7,9,13,15,17H,1,5,8,11-12,14H2,2H3,(H2,24,25,26)/t17-/m1/s1. The number of amides is 1. The lowest BCUT2D eigenvalue weighted by atomic mass is 10.1. The number of piperidine rings is 1. The predicted octanol–water partition coefficient (Wildman–Crippen LogP) is 2.50. The molecule has 1 aromatic carbocycles. The second-order valence-electron chi connectivity index (χ2n) is 7.44. The molecule has 1 aliphatic heterocycles. The van der Waals surface area contributed by atoms with Crippen molar-refractivity contribution in [3.8, 4) is 17.6 Å². The molecule has 3 heterocycles. The molecule has 1 aliphatic rings. The number of carbonyl (C=O) groups excluding carboxylic acids is 1. The first-order chi connectivity index (χ1) is 15.1. The number of nitrogens with two attached hydrogens (primary N) is 1. The van der Waals surface area contributed by atoms with Gasteiger partial charge in [-0.25, -0.2) is 14.6 Å². The summed E-state index contributed by atoms with van der Waals surface area (Å²) < 4.78 is 7.52. The van der Waals surface area contributed by atoms with Crippen molar-refractivity contribution < 1.29 is 9.53 Å². The molecule has 1 saturated heterocycles. The number of aryl methyl sites for hydroxylation is 1. The van der Waals surface area contributed by atoms with Crippen LogP contribution in [-0.2, 0) is 4.79 Å². The Morgan fingerprint density at radius 3 is 3.10 bits per heavy atom. The van der Waals surface area contributed by atoms with E-state index in [1.54, 1.807) is 4.90 Å². The fraction of sp³-hybridized carbons (Fsp3) is 0.304. The molecule has 2 aromatic heterocycles. The number of nitrogen functional groups attached to an aromatic ring is 1. The summed E-state index contributed by atoms with van der Waals surface area (Å²) in [5.74, 6) is 7.07. The second-order valence-corrected chi connectivity index (χ2v) is 7.44. The zero-order valence-corrected chi connectivity index (χ0v) is 17.4. The average Bonchev–Trinajstić information content (AvgIpc) is 3.16. The third kappa shape index (κ3) is 4.36. The number of likely N-dealkylation sites (tertiary alicyclic amines) is 1. The highest BCUT2D eigenvalue weighted by Crippen LogP contribution is 2.28. The van der Waals surface area contributed by atoms with Crippen molar-refractivity contribution in [1.29, 1.82) is 0 Å². The number of ether oxygens (including phenoxy) is 1. The number of carbonyl (C=O) groups is 1. The fourth-order valence-electron chi connectivity index (χ4n) is 3.77. The molecule has 1 fully saturated rings. The van der Waals surface area contributed by atoms with Crippen molar-refractivity contribution in [1.82, 2.24) is 24.6 Å². The number of rotatable bonds is 4. The van der Waals surface area contributed by atoms with E-state index in [1.165, 1.54) is 12.4 Å². The van der Waals surface area contributed by atoms with Gasteiger partial charge < -0.3 is 15.4 Å². The normalized spacial score (nSPS) is 15.9. The highest BCUT2D eigenvalue weighted by molar-refractivity contribution is 5.90. The molecule has 0 bridgehead atoms. The molecule has 158 valence electrons. The van der Waals surface area contributed by atoms with Gasteiger partial charge in [-0.15, -0.1) is 0 Å². The predicted molar refractivity (Wildman–Crippen MR) is 118 cm³/mol. The molecule has 3 aromatic rings. The van der Waals surface area contributed by atoms with Crippen LogP contribution >= 0.6 is 0 Å². The summed E-state index contributed by atoms with van der Waals surface area (Å²) in [6.45, 7) is 7.06. The first kappa shape index (κ1) is 20.4.